The molecule has 0 saturated heterocycles. The van der Waals surface area contributed by atoms with Gasteiger partial charge in [-0.1, -0.05) is 35.3 Å². The average molecular weight is 419 g/mol. The Morgan fingerprint density at radius 3 is 2.39 bits per heavy atom. The number of halogens is 2. The monoisotopic (exact) mass is 418 g/mol. The number of nitrogens with zero attached hydrogens (tertiary/aromatic N) is 1. The Balaban J connectivity index is 2.09. The molecule has 0 radical (unpaired) electrons. The third kappa shape index (κ3) is 3.92. The van der Waals surface area contributed by atoms with Crippen molar-refractivity contribution in [1.82, 2.24) is 4.90 Å². The lowest BCUT2D eigenvalue weighted by atomic mass is 10.0. The van der Waals surface area contributed by atoms with Gasteiger partial charge in [0.25, 0.3) is 11.8 Å². The molecule has 7 heteroatoms. The summed E-state index contributed by atoms with van der Waals surface area (Å²) in [5.74, 6) is -0.834. The Labute approximate surface area is 173 Å². The highest BCUT2D eigenvalue weighted by molar-refractivity contribution is 6.41. The molecule has 0 saturated carbocycles. The second kappa shape index (κ2) is 8.35. The van der Waals surface area contributed by atoms with Crippen LogP contribution in [0.5, 0.6) is 0 Å². The van der Waals surface area contributed by atoms with Crippen LogP contribution < -0.4 is 5.32 Å². The van der Waals surface area contributed by atoms with Crippen molar-refractivity contribution in [3.8, 4) is 0 Å². The molecule has 1 aliphatic heterocycles. The number of hydrogen-bond donors (Lipinski definition) is 1. The van der Waals surface area contributed by atoms with Crippen molar-refractivity contribution >= 4 is 46.3 Å². The molecule has 0 aliphatic carbocycles. The summed E-state index contributed by atoms with van der Waals surface area (Å²) in [7, 11) is 1.52. The smallest absolute Gasteiger partial charge is 0.278 e. The van der Waals surface area contributed by atoms with Crippen molar-refractivity contribution in [3.63, 3.8) is 0 Å². The van der Waals surface area contributed by atoms with Crippen LogP contribution in [-0.4, -0.2) is 37.0 Å². The summed E-state index contributed by atoms with van der Waals surface area (Å²) in [6.07, 6.45) is 0. The number of carbonyl (C=O) groups excluding carboxylic acids is 2. The molecule has 0 atom stereocenters. The summed E-state index contributed by atoms with van der Waals surface area (Å²) in [4.78, 5) is 27.2. The molecule has 1 aliphatic rings. The van der Waals surface area contributed by atoms with E-state index in [9.17, 15) is 9.59 Å². The molecule has 0 aromatic heterocycles. The summed E-state index contributed by atoms with van der Waals surface area (Å²) in [6.45, 7) is 4.39. The number of carbonyl (C=O) groups is 2. The molecule has 1 heterocycles. The van der Waals surface area contributed by atoms with Gasteiger partial charge in [0, 0.05) is 23.4 Å². The Hall–Kier alpha value is -2.34. The van der Waals surface area contributed by atoms with Gasteiger partial charge >= 0.3 is 0 Å². The first kappa shape index (κ1) is 20.4. The number of imide groups is 1. The van der Waals surface area contributed by atoms with E-state index in [1.807, 2.05) is 32.0 Å². The van der Waals surface area contributed by atoms with Crippen molar-refractivity contribution in [2.75, 3.05) is 25.6 Å². The van der Waals surface area contributed by atoms with Gasteiger partial charge in [0.05, 0.1) is 23.7 Å². The van der Waals surface area contributed by atoms with Crippen molar-refractivity contribution in [2.24, 2.45) is 0 Å². The molecule has 1 N–H and O–H groups in total. The molecule has 2 aromatic carbocycles. The van der Waals surface area contributed by atoms with Crippen LogP contribution in [0, 0.1) is 13.8 Å². The highest BCUT2D eigenvalue weighted by Gasteiger charge is 2.39. The average Bonchev–Trinajstić information content (AvgIpc) is 2.87. The van der Waals surface area contributed by atoms with Gasteiger partial charge in [-0.3, -0.25) is 14.5 Å². The zero-order valence-electron chi connectivity index (χ0n) is 15.8. The molecule has 0 fully saturated rings. The number of hydrogen-bond acceptors (Lipinski definition) is 4. The summed E-state index contributed by atoms with van der Waals surface area (Å²) in [6, 6.07) is 10.6. The van der Waals surface area contributed by atoms with Gasteiger partial charge in [0.2, 0.25) is 0 Å². The van der Waals surface area contributed by atoms with E-state index in [1.54, 1.807) is 18.2 Å². The van der Waals surface area contributed by atoms with E-state index in [-0.39, 0.29) is 24.4 Å². The van der Waals surface area contributed by atoms with E-state index in [2.05, 4.69) is 5.32 Å². The number of benzene rings is 2. The fraction of sp³-hybridized carbons (Fsp3) is 0.238. The largest absolute Gasteiger partial charge is 0.383 e. The standard InChI is InChI=1S/C21H20Cl2N2O3/c1-12-4-6-15(10-13(12)2)24-19-18(16-7-5-14(22)11-17(16)23)20(26)25(21(19)27)8-9-28-3/h4-7,10-11,24H,8-9H2,1-3H3. The highest BCUT2D eigenvalue weighted by Crippen LogP contribution is 2.35. The van der Waals surface area contributed by atoms with E-state index in [4.69, 9.17) is 27.9 Å². The summed E-state index contributed by atoms with van der Waals surface area (Å²) in [5, 5.41) is 3.87. The third-order valence-corrected chi connectivity index (χ3v) is 5.21. The molecule has 0 bridgehead atoms. The van der Waals surface area contributed by atoms with Gasteiger partial charge in [-0.05, 0) is 49.2 Å². The van der Waals surface area contributed by atoms with Crippen LogP contribution in [0.4, 0.5) is 5.69 Å². The first-order valence-corrected chi connectivity index (χ1v) is 9.48. The van der Waals surface area contributed by atoms with E-state index >= 15 is 0 Å². The molecule has 3 rings (SSSR count). The molecule has 2 aromatic rings. The maximum absolute atomic E-state index is 13.0. The van der Waals surface area contributed by atoms with Crippen LogP contribution in [0.1, 0.15) is 16.7 Å². The van der Waals surface area contributed by atoms with E-state index < -0.39 is 11.8 Å². The van der Waals surface area contributed by atoms with Crippen molar-refractivity contribution in [2.45, 2.75) is 13.8 Å². The lowest BCUT2D eigenvalue weighted by molar-refractivity contribution is -0.137. The molecule has 2 amide bonds. The number of rotatable bonds is 6. The molecular formula is C21H20Cl2N2O3. The van der Waals surface area contributed by atoms with Crippen LogP contribution in [0.25, 0.3) is 5.57 Å². The van der Waals surface area contributed by atoms with Gasteiger partial charge < -0.3 is 10.1 Å². The number of ether oxygens (including phenoxy) is 1. The van der Waals surface area contributed by atoms with Crippen LogP contribution >= 0.6 is 23.2 Å². The van der Waals surface area contributed by atoms with Crippen LogP contribution in [0.15, 0.2) is 42.1 Å². The van der Waals surface area contributed by atoms with E-state index in [1.165, 1.54) is 7.11 Å². The summed E-state index contributed by atoms with van der Waals surface area (Å²) in [5.41, 5.74) is 3.79. The lowest BCUT2D eigenvalue weighted by Gasteiger charge is -2.14. The summed E-state index contributed by atoms with van der Waals surface area (Å²) < 4.78 is 5.03. The van der Waals surface area contributed by atoms with Crippen LogP contribution in [0.2, 0.25) is 10.0 Å². The SMILES string of the molecule is COCCN1C(=O)C(Nc2ccc(C)c(C)c2)=C(c2ccc(Cl)cc2Cl)C1=O. The van der Waals surface area contributed by atoms with E-state index in [0.717, 1.165) is 21.7 Å². The van der Waals surface area contributed by atoms with Gasteiger partial charge in [0.15, 0.2) is 0 Å². The lowest BCUT2D eigenvalue weighted by Crippen LogP contribution is -2.35. The molecular weight excluding hydrogens is 399 g/mol. The Bertz CT molecular complexity index is 986. The molecule has 146 valence electrons. The minimum atomic E-state index is -0.419. The molecule has 0 unspecified atom stereocenters. The van der Waals surface area contributed by atoms with Gasteiger partial charge in [0.1, 0.15) is 5.70 Å². The van der Waals surface area contributed by atoms with Gasteiger partial charge in [-0.25, -0.2) is 0 Å². The Kier molecular flexibility index (Phi) is 6.08. The van der Waals surface area contributed by atoms with Crippen LogP contribution in [-0.2, 0) is 14.3 Å². The quantitative estimate of drug-likeness (QED) is 0.703. The molecule has 28 heavy (non-hydrogen) atoms. The predicted molar refractivity (Wildman–Crippen MR) is 112 cm³/mol. The second-order valence-electron chi connectivity index (χ2n) is 6.55. The molecule has 0 spiro atoms. The topological polar surface area (TPSA) is 58.6 Å². The highest BCUT2D eigenvalue weighted by atomic mass is 35.5. The van der Waals surface area contributed by atoms with Gasteiger partial charge in [-0.2, -0.15) is 0 Å². The van der Waals surface area contributed by atoms with Crippen LogP contribution in [0.3, 0.4) is 0 Å². The number of amides is 2. The normalized spacial score (nSPS) is 14.2. The fourth-order valence-electron chi connectivity index (χ4n) is 2.98. The fourth-order valence-corrected chi connectivity index (χ4v) is 3.49. The minimum Gasteiger partial charge on any atom is -0.383 e. The maximum atomic E-state index is 13.0. The summed E-state index contributed by atoms with van der Waals surface area (Å²) >= 11 is 12.3. The third-order valence-electron chi connectivity index (χ3n) is 4.66. The molecule has 5 nitrogen and oxygen atoms in total. The van der Waals surface area contributed by atoms with Gasteiger partial charge in [-0.15, -0.1) is 0 Å². The minimum absolute atomic E-state index is 0.154. The number of nitrogens with one attached hydrogen (secondary N) is 1. The van der Waals surface area contributed by atoms with Crippen molar-refractivity contribution in [1.29, 1.82) is 0 Å². The first-order valence-electron chi connectivity index (χ1n) is 8.72. The second-order valence-corrected chi connectivity index (χ2v) is 7.40. The number of aryl methyl sites for hydroxylation is 2. The maximum Gasteiger partial charge on any atom is 0.278 e. The number of methoxy groups -OCH3 is 1. The van der Waals surface area contributed by atoms with Crippen molar-refractivity contribution < 1.29 is 14.3 Å². The Morgan fingerprint density at radius 1 is 1.00 bits per heavy atom. The zero-order chi connectivity index (χ0) is 20.4. The zero-order valence-corrected chi connectivity index (χ0v) is 17.3. The predicted octanol–water partition coefficient (Wildman–Crippen LogP) is 4.45. The number of anilines is 1. The Morgan fingerprint density at radius 2 is 1.75 bits per heavy atom. The first-order chi connectivity index (χ1) is 13.3. The van der Waals surface area contributed by atoms with E-state index in [0.29, 0.717) is 15.6 Å². The van der Waals surface area contributed by atoms with Crippen molar-refractivity contribution in [3.05, 3.63) is 68.8 Å².